The molecule has 2 aromatic rings. The molecule has 112 valence electrons. The van der Waals surface area contributed by atoms with Crippen LogP contribution in [0.3, 0.4) is 0 Å². The van der Waals surface area contributed by atoms with Crippen LogP contribution in [0.25, 0.3) is 0 Å². The lowest BCUT2D eigenvalue weighted by Gasteiger charge is -2.13. The molecule has 1 heterocycles. The number of hydrazine groups is 1. The number of methoxy groups -OCH3 is 1. The molecule has 0 aliphatic heterocycles. The Kier molecular flexibility index (Phi) is 5.08. The van der Waals surface area contributed by atoms with Gasteiger partial charge in [0, 0.05) is 24.8 Å². The summed E-state index contributed by atoms with van der Waals surface area (Å²) in [5.74, 6) is 7.65. The van der Waals surface area contributed by atoms with Crippen LogP contribution in [0.4, 0.5) is 17.3 Å². The van der Waals surface area contributed by atoms with Gasteiger partial charge < -0.3 is 15.5 Å². The highest BCUT2D eigenvalue weighted by atomic mass is 16.5. The second-order valence-corrected chi connectivity index (χ2v) is 4.72. The largest absolute Gasteiger partial charge is 0.380 e. The average Bonchev–Trinajstić information content (AvgIpc) is 2.50. The van der Waals surface area contributed by atoms with Crippen molar-refractivity contribution < 1.29 is 4.74 Å². The van der Waals surface area contributed by atoms with Gasteiger partial charge in [0.25, 0.3) is 0 Å². The number of nitrogens with two attached hydrogens (primary N) is 1. The van der Waals surface area contributed by atoms with E-state index in [2.05, 4.69) is 20.7 Å². The van der Waals surface area contributed by atoms with E-state index in [0.29, 0.717) is 12.4 Å². The number of nitrogens with one attached hydrogen (secondary N) is 2. The Morgan fingerprint density at radius 3 is 2.67 bits per heavy atom. The molecular formula is C15H21N5O. The fourth-order valence-electron chi connectivity index (χ4n) is 2.03. The van der Waals surface area contributed by atoms with Gasteiger partial charge in [-0.15, -0.1) is 0 Å². The minimum Gasteiger partial charge on any atom is -0.380 e. The van der Waals surface area contributed by atoms with Crippen molar-refractivity contribution in [3.05, 3.63) is 41.2 Å². The summed E-state index contributed by atoms with van der Waals surface area (Å²) in [7, 11) is 1.68. The van der Waals surface area contributed by atoms with Gasteiger partial charge in [0.1, 0.15) is 17.5 Å². The molecule has 0 saturated carbocycles. The second kappa shape index (κ2) is 7.01. The minimum absolute atomic E-state index is 0.577. The number of hydrogen-bond acceptors (Lipinski definition) is 6. The van der Waals surface area contributed by atoms with Crippen molar-refractivity contribution >= 4 is 17.3 Å². The van der Waals surface area contributed by atoms with Crippen molar-refractivity contribution in [2.24, 2.45) is 5.84 Å². The van der Waals surface area contributed by atoms with Gasteiger partial charge in [-0.1, -0.05) is 19.1 Å². The van der Waals surface area contributed by atoms with Crippen LogP contribution in [0.15, 0.2) is 24.3 Å². The summed E-state index contributed by atoms with van der Waals surface area (Å²) in [6, 6.07) is 8.02. The Labute approximate surface area is 124 Å². The number of rotatable bonds is 6. The molecule has 0 radical (unpaired) electrons. The Morgan fingerprint density at radius 1 is 1.24 bits per heavy atom. The van der Waals surface area contributed by atoms with E-state index in [9.17, 15) is 0 Å². The molecule has 21 heavy (non-hydrogen) atoms. The highest BCUT2D eigenvalue weighted by Crippen LogP contribution is 2.24. The summed E-state index contributed by atoms with van der Waals surface area (Å²) in [6.07, 6.45) is 0.743. The van der Waals surface area contributed by atoms with Crippen LogP contribution in [-0.4, -0.2) is 17.1 Å². The number of ether oxygens (including phenoxy) is 1. The molecule has 0 atom stereocenters. The molecule has 0 amide bonds. The van der Waals surface area contributed by atoms with Crippen molar-refractivity contribution in [1.82, 2.24) is 9.97 Å². The smallest absolute Gasteiger partial charge is 0.148 e. The van der Waals surface area contributed by atoms with E-state index >= 15 is 0 Å². The first-order valence-electron chi connectivity index (χ1n) is 6.87. The van der Waals surface area contributed by atoms with Crippen molar-refractivity contribution in [2.45, 2.75) is 26.9 Å². The van der Waals surface area contributed by atoms with Crippen molar-refractivity contribution in [3.8, 4) is 0 Å². The monoisotopic (exact) mass is 287 g/mol. The number of aryl methyl sites for hydroxylation is 1. The van der Waals surface area contributed by atoms with Gasteiger partial charge in [0.15, 0.2) is 0 Å². The lowest BCUT2D eigenvalue weighted by atomic mass is 10.2. The van der Waals surface area contributed by atoms with Gasteiger partial charge in [0.2, 0.25) is 0 Å². The lowest BCUT2D eigenvalue weighted by Crippen LogP contribution is -2.13. The summed E-state index contributed by atoms with van der Waals surface area (Å²) in [5, 5.41) is 3.32. The standard InChI is InChI=1S/C15H21N5O/c1-4-13-18-14(10(2)15(19-13)20-16)17-12-7-5-6-11(8-12)9-21-3/h5-8H,4,9,16H2,1-3H3,(H2,17,18,19,20). The van der Waals surface area contributed by atoms with Gasteiger partial charge in [-0.25, -0.2) is 15.8 Å². The van der Waals surface area contributed by atoms with Crippen LogP contribution in [-0.2, 0) is 17.8 Å². The topological polar surface area (TPSA) is 85.1 Å². The number of hydrogen-bond donors (Lipinski definition) is 3. The molecule has 1 aromatic carbocycles. The Morgan fingerprint density at radius 2 is 2.00 bits per heavy atom. The highest BCUT2D eigenvalue weighted by molar-refractivity contribution is 5.64. The minimum atomic E-state index is 0.577. The van der Waals surface area contributed by atoms with E-state index in [0.717, 1.165) is 34.9 Å². The van der Waals surface area contributed by atoms with E-state index in [-0.39, 0.29) is 0 Å². The molecule has 4 N–H and O–H groups in total. The normalized spacial score (nSPS) is 10.5. The predicted molar refractivity (Wildman–Crippen MR) is 84.4 cm³/mol. The molecule has 1 aromatic heterocycles. The lowest BCUT2D eigenvalue weighted by molar-refractivity contribution is 0.185. The predicted octanol–water partition coefficient (Wildman–Crippen LogP) is 2.52. The molecule has 6 heteroatoms. The summed E-state index contributed by atoms with van der Waals surface area (Å²) < 4.78 is 5.15. The molecule has 0 spiro atoms. The molecule has 0 unspecified atom stereocenters. The molecule has 0 fully saturated rings. The quantitative estimate of drug-likeness (QED) is 0.559. The van der Waals surface area contributed by atoms with Crippen molar-refractivity contribution in [2.75, 3.05) is 17.9 Å². The number of nitrogen functional groups attached to an aromatic ring is 1. The van der Waals surface area contributed by atoms with Crippen LogP contribution in [0, 0.1) is 6.92 Å². The molecule has 6 nitrogen and oxygen atoms in total. The first-order valence-corrected chi connectivity index (χ1v) is 6.87. The first kappa shape index (κ1) is 15.2. The van der Waals surface area contributed by atoms with Crippen LogP contribution >= 0.6 is 0 Å². The average molecular weight is 287 g/mol. The van der Waals surface area contributed by atoms with E-state index in [1.807, 2.05) is 38.1 Å². The van der Waals surface area contributed by atoms with Crippen molar-refractivity contribution in [1.29, 1.82) is 0 Å². The molecule has 2 rings (SSSR count). The van der Waals surface area contributed by atoms with Crippen LogP contribution in [0.2, 0.25) is 0 Å². The van der Waals surface area contributed by atoms with Crippen LogP contribution in [0.1, 0.15) is 23.9 Å². The molecule has 0 saturated heterocycles. The van der Waals surface area contributed by atoms with Gasteiger partial charge in [-0.2, -0.15) is 0 Å². The Balaban J connectivity index is 2.32. The SMILES string of the molecule is CCc1nc(NN)c(C)c(Nc2cccc(COC)c2)n1. The Bertz CT molecular complexity index is 615. The van der Waals surface area contributed by atoms with E-state index in [1.54, 1.807) is 7.11 Å². The Hall–Kier alpha value is -2.18. The zero-order valence-electron chi connectivity index (χ0n) is 12.6. The fourth-order valence-corrected chi connectivity index (χ4v) is 2.03. The third kappa shape index (κ3) is 3.68. The van der Waals surface area contributed by atoms with Crippen molar-refractivity contribution in [3.63, 3.8) is 0 Å². The summed E-state index contributed by atoms with van der Waals surface area (Å²) in [6.45, 7) is 4.51. The summed E-state index contributed by atoms with van der Waals surface area (Å²) in [4.78, 5) is 8.87. The number of benzene rings is 1. The van der Waals surface area contributed by atoms with Crippen LogP contribution < -0.4 is 16.6 Å². The van der Waals surface area contributed by atoms with Gasteiger partial charge in [-0.3, -0.25) is 0 Å². The zero-order valence-corrected chi connectivity index (χ0v) is 12.6. The third-order valence-corrected chi connectivity index (χ3v) is 3.15. The number of nitrogens with zero attached hydrogens (tertiary/aromatic N) is 2. The van der Waals surface area contributed by atoms with Gasteiger partial charge in [-0.05, 0) is 24.6 Å². The summed E-state index contributed by atoms with van der Waals surface area (Å²) in [5.41, 5.74) is 5.55. The van der Waals surface area contributed by atoms with E-state index < -0.39 is 0 Å². The maximum Gasteiger partial charge on any atom is 0.148 e. The first-order chi connectivity index (χ1) is 10.2. The maximum absolute atomic E-state index is 5.52. The van der Waals surface area contributed by atoms with Gasteiger partial charge in [0.05, 0.1) is 6.61 Å². The highest BCUT2D eigenvalue weighted by Gasteiger charge is 2.10. The molecule has 0 aliphatic carbocycles. The fraction of sp³-hybridized carbons (Fsp3) is 0.333. The number of aromatic nitrogens is 2. The maximum atomic E-state index is 5.52. The van der Waals surface area contributed by atoms with E-state index in [1.165, 1.54) is 0 Å². The second-order valence-electron chi connectivity index (χ2n) is 4.72. The molecular weight excluding hydrogens is 266 g/mol. The van der Waals surface area contributed by atoms with Gasteiger partial charge >= 0.3 is 0 Å². The van der Waals surface area contributed by atoms with E-state index in [4.69, 9.17) is 10.6 Å². The summed E-state index contributed by atoms with van der Waals surface area (Å²) >= 11 is 0. The molecule has 0 bridgehead atoms. The zero-order chi connectivity index (χ0) is 15.2. The van der Waals surface area contributed by atoms with Crippen LogP contribution in [0.5, 0.6) is 0 Å². The molecule has 0 aliphatic rings. The number of anilines is 3. The third-order valence-electron chi connectivity index (χ3n) is 3.15.